The van der Waals surface area contributed by atoms with Gasteiger partial charge in [-0.1, -0.05) is 0 Å². The number of nitrogens with one attached hydrogen (secondary N) is 1. The molecular formula is C13H16FNO5. The summed E-state index contributed by atoms with van der Waals surface area (Å²) < 4.78 is 23.7. The van der Waals surface area contributed by atoms with Crippen molar-refractivity contribution in [3.63, 3.8) is 0 Å². The number of amides is 1. The van der Waals surface area contributed by atoms with E-state index in [0.717, 1.165) is 6.07 Å². The third-order valence-electron chi connectivity index (χ3n) is 2.18. The molecule has 1 rings (SSSR count). The fraction of sp³-hybridized carbons (Fsp3) is 0.385. The van der Waals surface area contributed by atoms with Crippen molar-refractivity contribution in [2.24, 2.45) is 0 Å². The molecule has 0 radical (unpaired) electrons. The normalized spacial score (nSPS) is 10.8. The Bertz CT molecular complexity index is 536. The summed E-state index contributed by atoms with van der Waals surface area (Å²) in [6, 6.07) is 2.30. The molecule has 6 nitrogen and oxygen atoms in total. The van der Waals surface area contributed by atoms with E-state index in [1.807, 2.05) is 0 Å². The molecule has 0 spiro atoms. The lowest BCUT2D eigenvalue weighted by atomic mass is 10.1. The molecule has 0 aliphatic rings. The molecule has 20 heavy (non-hydrogen) atoms. The molecule has 0 aliphatic carbocycles. The topological polar surface area (TPSA) is 84.9 Å². The lowest BCUT2D eigenvalue weighted by Crippen LogP contribution is -2.28. The molecule has 1 aromatic rings. The number of hydrogen-bond donors (Lipinski definition) is 2. The molecule has 1 aromatic carbocycles. The first-order valence-corrected chi connectivity index (χ1v) is 5.75. The lowest BCUT2D eigenvalue weighted by Gasteiger charge is -2.20. The number of rotatable bonds is 3. The second-order valence-electron chi connectivity index (χ2n) is 4.94. The number of benzene rings is 1. The highest BCUT2D eigenvalue weighted by Gasteiger charge is 2.23. The molecule has 0 fully saturated rings. The van der Waals surface area contributed by atoms with E-state index in [4.69, 9.17) is 14.6 Å². The van der Waals surface area contributed by atoms with Crippen molar-refractivity contribution in [3.8, 4) is 5.75 Å². The highest BCUT2D eigenvalue weighted by molar-refractivity contribution is 5.99. The van der Waals surface area contributed by atoms with Crippen LogP contribution in [-0.2, 0) is 4.74 Å². The number of halogens is 1. The minimum Gasteiger partial charge on any atom is -0.494 e. The number of aromatic carboxylic acids is 1. The Morgan fingerprint density at radius 3 is 2.35 bits per heavy atom. The second kappa shape index (κ2) is 5.77. The molecule has 0 atom stereocenters. The molecule has 7 heteroatoms. The zero-order valence-electron chi connectivity index (χ0n) is 11.6. The fourth-order valence-corrected chi connectivity index (χ4v) is 1.42. The Hall–Kier alpha value is -2.31. The number of ether oxygens (including phenoxy) is 2. The van der Waals surface area contributed by atoms with Crippen molar-refractivity contribution in [3.05, 3.63) is 23.5 Å². The van der Waals surface area contributed by atoms with Gasteiger partial charge in [-0.15, -0.1) is 0 Å². The Morgan fingerprint density at radius 2 is 1.90 bits per heavy atom. The van der Waals surface area contributed by atoms with Crippen LogP contribution in [0.15, 0.2) is 12.1 Å². The third kappa shape index (κ3) is 3.84. The van der Waals surface area contributed by atoms with E-state index in [-0.39, 0.29) is 5.75 Å². The lowest BCUT2D eigenvalue weighted by molar-refractivity contribution is 0.0635. The van der Waals surface area contributed by atoms with Crippen LogP contribution in [0.25, 0.3) is 0 Å². The van der Waals surface area contributed by atoms with Gasteiger partial charge in [0, 0.05) is 0 Å². The SMILES string of the molecule is COc1ccc(C(=O)O)c(NC(=O)OC(C)(C)C)c1F. The van der Waals surface area contributed by atoms with Crippen molar-refractivity contribution in [1.82, 2.24) is 0 Å². The Kier molecular flexibility index (Phi) is 4.54. The van der Waals surface area contributed by atoms with Crippen LogP contribution >= 0.6 is 0 Å². The number of carbonyl (C=O) groups excluding carboxylic acids is 1. The number of carbonyl (C=O) groups is 2. The number of carboxylic acid groups (broad SMARTS) is 1. The van der Waals surface area contributed by atoms with Gasteiger partial charge in [-0.05, 0) is 32.9 Å². The van der Waals surface area contributed by atoms with E-state index in [0.29, 0.717) is 0 Å². The summed E-state index contributed by atoms with van der Waals surface area (Å²) in [5.74, 6) is -2.53. The fourth-order valence-electron chi connectivity index (χ4n) is 1.42. The highest BCUT2D eigenvalue weighted by atomic mass is 19.1. The molecule has 2 N–H and O–H groups in total. The molecule has 0 saturated carbocycles. The Labute approximate surface area is 115 Å². The smallest absolute Gasteiger partial charge is 0.412 e. The standard InChI is InChI=1S/C13H16FNO5/c1-13(2,3)20-12(18)15-10-7(11(16)17)5-6-8(19-4)9(10)14/h5-6H,1-4H3,(H,15,18)(H,16,17). The maximum absolute atomic E-state index is 14.0. The molecule has 0 heterocycles. The summed E-state index contributed by atoms with van der Waals surface area (Å²) in [7, 11) is 1.23. The number of anilines is 1. The van der Waals surface area contributed by atoms with E-state index < -0.39 is 34.7 Å². The van der Waals surface area contributed by atoms with Gasteiger partial charge in [0.2, 0.25) is 0 Å². The van der Waals surface area contributed by atoms with Crippen molar-refractivity contribution in [1.29, 1.82) is 0 Å². The molecule has 0 aliphatic heterocycles. The average Bonchev–Trinajstić information content (AvgIpc) is 2.28. The number of hydrogen-bond acceptors (Lipinski definition) is 4. The number of methoxy groups -OCH3 is 1. The predicted octanol–water partition coefficient (Wildman–Crippen LogP) is 2.88. The molecule has 0 bridgehead atoms. The summed E-state index contributed by atoms with van der Waals surface area (Å²) in [6.07, 6.45) is -0.952. The highest BCUT2D eigenvalue weighted by Crippen LogP contribution is 2.29. The molecule has 110 valence electrons. The third-order valence-corrected chi connectivity index (χ3v) is 2.18. The first-order chi connectivity index (χ1) is 9.15. The minimum atomic E-state index is -1.38. The van der Waals surface area contributed by atoms with Gasteiger partial charge in [0.05, 0.1) is 18.4 Å². The van der Waals surface area contributed by atoms with Crippen LogP contribution in [0.2, 0.25) is 0 Å². The molecule has 1 amide bonds. The van der Waals surface area contributed by atoms with Gasteiger partial charge >= 0.3 is 12.1 Å². The van der Waals surface area contributed by atoms with Gasteiger partial charge in [0.15, 0.2) is 11.6 Å². The predicted molar refractivity (Wildman–Crippen MR) is 69.8 cm³/mol. The Morgan fingerprint density at radius 1 is 1.30 bits per heavy atom. The second-order valence-corrected chi connectivity index (χ2v) is 4.94. The van der Waals surface area contributed by atoms with Crippen LogP contribution < -0.4 is 10.1 Å². The van der Waals surface area contributed by atoms with Crippen LogP contribution in [0.1, 0.15) is 31.1 Å². The van der Waals surface area contributed by atoms with Gasteiger partial charge in [-0.2, -0.15) is 0 Å². The van der Waals surface area contributed by atoms with E-state index in [1.165, 1.54) is 13.2 Å². The van der Waals surface area contributed by atoms with E-state index in [1.54, 1.807) is 20.8 Å². The summed E-state index contributed by atoms with van der Waals surface area (Å²) in [5.41, 5.74) is -1.68. The molecule has 0 aromatic heterocycles. The molecular weight excluding hydrogens is 269 g/mol. The molecule has 0 saturated heterocycles. The van der Waals surface area contributed by atoms with Gasteiger partial charge in [0.25, 0.3) is 0 Å². The maximum Gasteiger partial charge on any atom is 0.412 e. The average molecular weight is 285 g/mol. The van der Waals surface area contributed by atoms with Crippen molar-refractivity contribution in [2.45, 2.75) is 26.4 Å². The summed E-state index contributed by atoms with van der Waals surface area (Å²) in [4.78, 5) is 22.7. The summed E-state index contributed by atoms with van der Waals surface area (Å²) in [6.45, 7) is 4.89. The van der Waals surface area contributed by atoms with E-state index in [9.17, 15) is 14.0 Å². The van der Waals surface area contributed by atoms with Gasteiger partial charge in [0.1, 0.15) is 5.60 Å². The van der Waals surface area contributed by atoms with E-state index in [2.05, 4.69) is 5.32 Å². The van der Waals surface area contributed by atoms with Crippen molar-refractivity contribution >= 4 is 17.7 Å². The quantitative estimate of drug-likeness (QED) is 0.892. The first kappa shape index (κ1) is 15.7. The van der Waals surface area contributed by atoms with Crippen LogP contribution in [0.5, 0.6) is 5.75 Å². The van der Waals surface area contributed by atoms with Gasteiger partial charge in [-0.3, -0.25) is 5.32 Å². The Balaban J connectivity index is 3.15. The van der Waals surface area contributed by atoms with Crippen LogP contribution in [0, 0.1) is 5.82 Å². The minimum absolute atomic E-state index is 0.180. The summed E-state index contributed by atoms with van der Waals surface area (Å²) >= 11 is 0. The van der Waals surface area contributed by atoms with Crippen LogP contribution in [0.4, 0.5) is 14.9 Å². The number of carboxylic acids is 1. The largest absolute Gasteiger partial charge is 0.494 e. The van der Waals surface area contributed by atoms with Crippen molar-refractivity contribution < 1.29 is 28.6 Å². The van der Waals surface area contributed by atoms with Gasteiger partial charge < -0.3 is 14.6 Å². The summed E-state index contributed by atoms with van der Waals surface area (Å²) in [5, 5.41) is 11.1. The van der Waals surface area contributed by atoms with Crippen LogP contribution in [0.3, 0.4) is 0 Å². The first-order valence-electron chi connectivity index (χ1n) is 5.75. The zero-order valence-corrected chi connectivity index (χ0v) is 11.6. The van der Waals surface area contributed by atoms with Crippen LogP contribution in [-0.4, -0.2) is 29.9 Å². The van der Waals surface area contributed by atoms with Gasteiger partial charge in [-0.25, -0.2) is 14.0 Å². The maximum atomic E-state index is 14.0. The van der Waals surface area contributed by atoms with Crippen molar-refractivity contribution in [2.75, 3.05) is 12.4 Å². The molecule has 0 unspecified atom stereocenters. The zero-order chi connectivity index (χ0) is 15.5. The monoisotopic (exact) mass is 285 g/mol. The van der Waals surface area contributed by atoms with E-state index >= 15 is 0 Å².